The maximum Gasteiger partial charge on any atom is 0.340 e. The number of benzene rings is 1. The molecule has 0 spiro atoms. The number of methoxy groups -OCH3 is 1. The fourth-order valence-corrected chi connectivity index (χ4v) is 1.98. The van der Waals surface area contributed by atoms with Crippen LogP contribution in [0.4, 0.5) is 4.39 Å². The number of nitrogens with one attached hydrogen (secondary N) is 1. The molecule has 0 aliphatic heterocycles. The Bertz CT molecular complexity index is 617. The van der Waals surface area contributed by atoms with Gasteiger partial charge in [0.2, 0.25) is 0 Å². The minimum Gasteiger partial charge on any atom is -0.465 e. The number of nitrogens with zero attached hydrogens (tertiary/aromatic N) is 1. The van der Waals surface area contributed by atoms with E-state index in [1.54, 1.807) is 18.5 Å². The standard InChI is InChI=1S/C16H17FN2O2/c1-11(13-5-7-18-8-6-13)19-10-12-3-4-14(15(17)9-12)16(20)21-2/h3-9,11,19H,10H2,1-2H3/t11-/m1/s1. The molecule has 2 rings (SSSR count). The zero-order valence-corrected chi connectivity index (χ0v) is 12.0. The average molecular weight is 288 g/mol. The van der Waals surface area contributed by atoms with Crippen molar-refractivity contribution in [3.63, 3.8) is 0 Å². The van der Waals surface area contributed by atoms with E-state index in [1.165, 1.54) is 19.2 Å². The van der Waals surface area contributed by atoms with E-state index in [4.69, 9.17) is 0 Å². The van der Waals surface area contributed by atoms with E-state index < -0.39 is 11.8 Å². The van der Waals surface area contributed by atoms with Crippen LogP contribution >= 0.6 is 0 Å². The van der Waals surface area contributed by atoms with Gasteiger partial charge in [0.25, 0.3) is 0 Å². The Morgan fingerprint density at radius 1 is 1.33 bits per heavy atom. The smallest absolute Gasteiger partial charge is 0.340 e. The van der Waals surface area contributed by atoms with E-state index in [0.717, 1.165) is 11.1 Å². The maximum atomic E-state index is 13.8. The second kappa shape index (κ2) is 6.95. The van der Waals surface area contributed by atoms with Crippen LogP contribution in [-0.4, -0.2) is 18.1 Å². The minimum atomic E-state index is -0.669. The van der Waals surface area contributed by atoms with Crippen molar-refractivity contribution < 1.29 is 13.9 Å². The molecule has 110 valence electrons. The molecule has 0 aliphatic carbocycles. The molecule has 0 fully saturated rings. The Kier molecular flexibility index (Phi) is 5.00. The number of pyridine rings is 1. The van der Waals surface area contributed by atoms with Gasteiger partial charge in [-0.1, -0.05) is 6.07 Å². The minimum absolute atomic E-state index is 0.0524. The molecule has 0 bridgehead atoms. The van der Waals surface area contributed by atoms with E-state index >= 15 is 0 Å². The summed E-state index contributed by atoms with van der Waals surface area (Å²) in [5, 5.41) is 3.29. The summed E-state index contributed by atoms with van der Waals surface area (Å²) in [7, 11) is 1.23. The SMILES string of the molecule is COC(=O)c1ccc(CN[C@H](C)c2ccncc2)cc1F. The third kappa shape index (κ3) is 3.86. The Morgan fingerprint density at radius 2 is 2.05 bits per heavy atom. The largest absolute Gasteiger partial charge is 0.465 e. The number of esters is 1. The molecule has 4 nitrogen and oxygen atoms in total. The molecular formula is C16H17FN2O2. The summed E-state index contributed by atoms with van der Waals surface area (Å²) in [5.41, 5.74) is 1.82. The summed E-state index contributed by atoms with van der Waals surface area (Å²) in [6.07, 6.45) is 3.47. The van der Waals surface area contributed by atoms with Crippen LogP contribution in [0.5, 0.6) is 0 Å². The van der Waals surface area contributed by atoms with Crippen molar-refractivity contribution in [2.24, 2.45) is 0 Å². The first-order valence-corrected chi connectivity index (χ1v) is 6.62. The van der Waals surface area contributed by atoms with Crippen LogP contribution < -0.4 is 5.32 Å². The second-order valence-electron chi connectivity index (χ2n) is 4.69. The van der Waals surface area contributed by atoms with Gasteiger partial charge in [-0.05, 0) is 42.3 Å². The van der Waals surface area contributed by atoms with Crippen molar-refractivity contribution in [2.75, 3.05) is 7.11 Å². The molecule has 21 heavy (non-hydrogen) atoms. The predicted octanol–water partition coefficient (Wildman–Crippen LogP) is 2.86. The Labute approximate surface area is 123 Å². The third-order valence-corrected chi connectivity index (χ3v) is 3.26. The molecule has 0 amide bonds. The van der Waals surface area contributed by atoms with Crippen LogP contribution in [0.2, 0.25) is 0 Å². The summed E-state index contributed by atoms with van der Waals surface area (Å²) < 4.78 is 18.3. The van der Waals surface area contributed by atoms with Gasteiger partial charge in [0.15, 0.2) is 0 Å². The Hall–Kier alpha value is -2.27. The highest BCUT2D eigenvalue weighted by molar-refractivity contribution is 5.89. The fraction of sp³-hybridized carbons (Fsp3) is 0.250. The lowest BCUT2D eigenvalue weighted by Crippen LogP contribution is -2.18. The highest BCUT2D eigenvalue weighted by Crippen LogP contribution is 2.14. The highest BCUT2D eigenvalue weighted by atomic mass is 19.1. The monoisotopic (exact) mass is 288 g/mol. The highest BCUT2D eigenvalue weighted by Gasteiger charge is 2.12. The number of aromatic nitrogens is 1. The summed E-state index contributed by atoms with van der Waals surface area (Å²) in [6, 6.07) is 8.48. The number of hydrogen-bond donors (Lipinski definition) is 1. The summed E-state index contributed by atoms with van der Waals surface area (Å²) in [6.45, 7) is 2.52. The topological polar surface area (TPSA) is 51.2 Å². The third-order valence-electron chi connectivity index (χ3n) is 3.26. The first kappa shape index (κ1) is 15.1. The van der Waals surface area contributed by atoms with Crippen LogP contribution in [0.25, 0.3) is 0 Å². The van der Waals surface area contributed by atoms with Crippen LogP contribution in [0.15, 0.2) is 42.7 Å². The Morgan fingerprint density at radius 3 is 2.67 bits per heavy atom. The molecule has 1 aromatic carbocycles. The van der Waals surface area contributed by atoms with Gasteiger partial charge < -0.3 is 10.1 Å². The predicted molar refractivity (Wildman–Crippen MR) is 77.2 cm³/mol. The zero-order chi connectivity index (χ0) is 15.2. The van der Waals surface area contributed by atoms with Crippen molar-refractivity contribution in [1.29, 1.82) is 0 Å². The molecule has 5 heteroatoms. The van der Waals surface area contributed by atoms with E-state index in [9.17, 15) is 9.18 Å². The lowest BCUT2D eigenvalue weighted by Gasteiger charge is -2.14. The lowest BCUT2D eigenvalue weighted by molar-refractivity contribution is 0.0595. The number of carbonyl (C=O) groups is 1. The molecule has 0 saturated heterocycles. The molecule has 1 heterocycles. The molecule has 1 N–H and O–H groups in total. The molecular weight excluding hydrogens is 271 g/mol. The van der Waals surface area contributed by atoms with Crippen molar-refractivity contribution >= 4 is 5.97 Å². The molecule has 0 saturated carbocycles. The number of rotatable bonds is 5. The number of hydrogen-bond acceptors (Lipinski definition) is 4. The first-order valence-electron chi connectivity index (χ1n) is 6.62. The van der Waals surface area contributed by atoms with E-state index in [-0.39, 0.29) is 11.6 Å². The lowest BCUT2D eigenvalue weighted by atomic mass is 10.1. The van der Waals surface area contributed by atoms with E-state index in [0.29, 0.717) is 6.54 Å². The number of ether oxygens (including phenoxy) is 1. The second-order valence-corrected chi connectivity index (χ2v) is 4.69. The number of halogens is 1. The molecule has 0 radical (unpaired) electrons. The molecule has 1 atom stereocenters. The van der Waals surface area contributed by atoms with Crippen LogP contribution in [0, 0.1) is 5.82 Å². The molecule has 1 aromatic heterocycles. The molecule has 2 aromatic rings. The molecule has 0 unspecified atom stereocenters. The normalized spacial score (nSPS) is 12.0. The van der Waals surface area contributed by atoms with Crippen LogP contribution in [0.1, 0.15) is 34.5 Å². The molecule has 0 aliphatic rings. The maximum absolute atomic E-state index is 13.8. The fourth-order valence-electron chi connectivity index (χ4n) is 1.98. The van der Waals surface area contributed by atoms with Gasteiger partial charge in [-0.25, -0.2) is 9.18 Å². The quantitative estimate of drug-likeness (QED) is 0.860. The summed E-state index contributed by atoms with van der Waals surface area (Å²) in [5.74, 6) is -1.24. The van der Waals surface area contributed by atoms with Gasteiger partial charge in [-0.3, -0.25) is 4.98 Å². The van der Waals surface area contributed by atoms with Gasteiger partial charge in [-0.15, -0.1) is 0 Å². The van der Waals surface area contributed by atoms with Crippen LogP contribution in [-0.2, 0) is 11.3 Å². The van der Waals surface area contributed by atoms with Gasteiger partial charge in [-0.2, -0.15) is 0 Å². The van der Waals surface area contributed by atoms with Crippen LogP contribution in [0.3, 0.4) is 0 Å². The summed E-state index contributed by atoms with van der Waals surface area (Å²) in [4.78, 5) is 15.3. The van der Waals surface area contributed by atoms with Gasteiger partial charge in [0.05, 0.1) is 12.7 Å². The van der Waals surface area contributed by atoms with Gasteiger partial charge in [0.1, 0.15) is 5.82 Å². The zero-order valence-electron chi connectivity index (χ0n) is 12.0. The number of carbonyl (C=O) groups excluding carboxylic acids is 1. The van der Waals surface area contributed by atoms with E-state index in [1.807, 2.05) is 19.1 Å². The van der Waals surface area contributed by atoms with Gasteiger partial charge in [0, 0.05) is 25.0 Å². The summed E-state index contributed by atoms with van der Waals surface area (Å²) >= 11 is 0. The van der Waals surface area contributed by atoms with Crippen molar-refractivity contribution in [3.8, 4) is 0 Å². The average Bonchev–Trinajstić information content (AvgIpc) is 2.52. The van der Waals surface area contributed by atoms with Gasteiger partial charge >= 0.3 is 5.97 Å². The van der Waals surface area contributed by atoms with E-state index in [2.05, 4.69) is 15.0 Å². The van der Waals surface area contributed by atoms with Crippen molar-refractivity contribution in [3.05, 3.63) is 65.2 Å². The Balaban J connectivity index is 2.01. The first-order chi connectivity index (χ1) is 10.1. The van der Waals surface area contributed by atoms with Crippen molar-refractivity contribution in [1.82, 2.24) is 10.3 Å². The van der Waals surface area contributed by atoms with Crippen molar-refractivity contribution in [2.45, 2.75) is 19.5 Å².